The van der Waals surface area contributed by atoms with E-state index < -0.39 is 10.0 Å². The normalized spacial score (nSPS) is 17.2. The van der Waals surface area contributed by atoms with E-state index in [2.05, 4.69) is 10.0 Å². The first-order valence-corrected chi connectivity index (χ1v) is 8.18. The number of carbonyl (C=O) groups is 1. The Kier molecular flexibility index (Phi) is 6.70. The average Bonchev–Trinajstić information content (AvgIpc) is 3.18. The minimum absolute atomic E-state index is 0.0413. The third kappa shape index (κ3) is 6.86. The van der Waals surface area contributed by atoms with E-state index in [-0.39, 0.29) is 30.9 Å². The van der Waals surface area contributed by atoms with Crippen LogP contribution in [0.15, 0.2) is 0 Å². The van der Waals surface area contributed by atoms with Crippen molar-refractivity contribution in [2.24, 2.45) is 11.7 Å². The number of nitrogens with two attached hydrogens (primary N) is 1. The van der Waals surface area contributed by atoms with Crippen molar-refractivity contribution in [1.29, 1.82) is 0 Å². The van der Waals surface area contributed by atoms with Gasteiger partial charge in [0, 0.05) is 19.2 Å². The number of hydrogen-bond acceptors (Lipinski definition) is 5. The van der Waals surface area contributed by atoms with Gasteiger partial charge < -0.3 is 15.8 Å². The molecule has 0 aliphatic heterocycles. The fourth-order valence-corrected chi connectivity index (χ4v) is 2.52. The fraction of sp³-hybridized carbons (Fsp3) is 0.909. The Bertz CT molecular complexity index is 381. The van der Waals surface area contributed by atoms with E-state index in [1.54, 1.807) is 6.92 Å². The number of rotatable bonds is 10. The lowest BCUT2D eigenvalue weighted by Crippen LogP contribution is -2.46. The van der Waals surface area contributed by atoms with E-state index in [0.29, 0.717) is 19.1 Å². The summed E-state index contributed by atoms with van der Waals surface area (Å²) in [7, 11) is -3.46. The smallest absolute Gasteiger partial charge is 0.235 e. The van der Waals surface area contributed by atoms with E-state index >= 15 is 0 Å². The van der Waals surface area contributed by atoms with Gasteiger partial charge in [-0.25, -0.2) is 13.1 Å². The summed E-state index contributed by atoms with van der Waals surface area (Å²) >= 11 is 0. The second-order valence-electron chi connectivity index (χ2n) is 4.58. The van der Waals surface area contributed by atoms with Crippen LogP contribution in [0, 0.1) is 5.92 Å². The van der Waals surface area contributed by atoms with Gasteiger partial charge in [-0.1, -0.05) is 0 Å². The van der Waals surface area contributed by atoms with Gasteiger partial charge in [0.05, 0.1) is 18.9 Å². The molecule has 1 saturated carbocycles. The number of ether oxygens (including phenoxy) is 1. The van der Waals surface area contributed by atoms with E-state index in [9.17, 15) is 13.2 Å². The van der Waals surface area contributed by atoms with Crippen molar-refractivity contribution < 1.29 is 17.9 Å². The Morgan fingerprint density at radius 3 is 2.68 bits per heavy atom. The zero-order valence-corrected chi connectivity index (χ0v) is 12.0. The van der Waals surface area contributed by atoms with Gasteiger partial charge >= 0.3 is 0 Å². The van der Waals surface area contributed by atoms with Gasteiger partial charge in [0.2, 0.25) is 15.9 Å². The second-order valence-corrected chi connectivity index (χ2v) is 6.51. The van der Waals surface area contributed by atoms with Crippen molar-refractivity contribution in [3.05, 3.63) is 0 Å². The standard InChI is InChI=1S/C11H23N3O4S/c1-2-18-5-6-19(16,17)13-8-11(15)14-10(7-12)9-3-4-9/h9-10,13H,2-8,12H2,1H3,(H,14,15). The summed E-state index contributed by atoms with van der Waals surface area (Å²) in [6, 6.07) is -0.0413. The first kappa shape index (κ1) is 16.4. The van der Waals surface area contributed by atoms with Gasteiger partial charge in [0.15, 0.2) is 0 Å². The van der Waals surface area contributed by atoms with Crippen molar-refractivity contribution in [1.82, 2.24) is 10.0 Å². The lowest BCUT2D eigenvalue weighted by atomic mass is 10.2. The van der Waals surface area contributed by atoms with Crippen LogP contribution >= 0.6 is 0 Å². The highest BCUT2D eigenvalue weighted by atomic mass is 32.2. The first-order valence-electron chi connectivity index (χ1n) is 6.53. The molecule has 1 amide bonds. The summed E-state index contributed by atoms with van der Waals surface area (Å²) < 4.78 is 30.2. The zero-order chi connectivity index (χ0) is 14.3. The minimum Gasteiger partial charge on any atom is -0.381 e. The largest absolute Gasteiger partial charge is 0.381 e. The Morgan fingerprint density at radius 2 is 2.16 bits per heavy atom. The molecule has 1 rings (SSSR count). The molecule has 4 N–H and O–H groups in total. The zero-order valence-electron chi connectivity index (χ0n) is 11.2. The quantitative estimate of drug-likeness (QED) is 0.438. The van der Waals surface area contributed by atoms with Crippen LogP contribution < -0.4 is 15.8 Å². The number of nitrogens with one attached hydrogen (secondary N) is 2. The third-order valence-corrected chi connectivity index (χ3v) is 4.23. The molecular weight excluding hydrogens is 270 g/mol. The molecule has 1 fully saturated rings. The van der Waals surface area contributed by atoms with Gasteiger partial charge in [-0.2, -0.15) is 0 Å². The maximum atomic E-state index is 11.6. The molecule has 7 nitrogen and oxygen atoms in total. The van der Waals surface area contributed by atoms with Gasteiger partial charge in [-0.3, -0.25) is 4.79 Å². The summed E-state index contributed by atoms with van der Waals surface area (Å²) in [5.41, 5.74) is 5.56. The SMILES string of the molecule is CCOCCS(=O)(=O)NCC(=O)NC(CN)C1CC1. The molecule has 1 unspecified atom stereocenters. The number of sulfonamides is 1. The van der Waals surface area contributed by atoms with Gasteiger partial charge in [0.1, 0.15) is 0 Å². The fourth-order valence-electron chi connectivity index (χ4n) is 1.69. The Morgan fingerprint density at radius 1 is 1.47 bits per heavy atom. The van der Waals surface area contributed by atoms with Crippen LogP contribution in [0.5, 0.6) is 0 Å². The molecular formula is C11H23N3O4S. The van der Waals surface area contributed by atoms with Crippen molar-refractivity contribution in [2.45, 2.75) is 25.8 Å². The molecule has 112 valence electrons. The molecule has 0 saturated heterocycles. The average molecular weight is 293 g/mol. The molecule has 0 heterocycles. The molecule has 0 radical (unpaired) electrons. The Hall–Kier alpha value is -0.700. The highest BCUT2D eigenvalue weighted by Gasteiger charge is 2.31. The molecule has 1 aliphatic rings. The lowest BCUT2D eigenvalue weighted by molar-refractivity contribution is -0.120. The Labute approximate surface area is 114 Å². The predicted molar refractivity (Wildman–Crippen MR) is 72.0 cm³/mol. The molecule has 1 aliphatic carbocycles. The van der Waals surface area contributed by atoms with Gasteiger partial charge in [0.25, 0.3) is 0 Å². The molecule has 0 bridgehead atoms. The molecule has 0 aromatic heterocycles. The summed E-state index contributed by atoms with van der Waals surface area (Å²) in [6.07, 6.45) is 2.14. The van der Waals surface area contributed by atoms with Crippen LogP contribution in [0.25, 0.3) is 0 Å². The molecule has 0 aromatic rings. The lowest BCUT2D eigenvalue weighted by Gasteiger charge is -2.16. The molecule has 8 heteroatoms. The topological polar surface area (TPSA) is 111 Å². The monoisotopic (exact) mass is 293 g/mol. The van der Waals surface area contributed by atoms with Crippen LogP contribution in [-0.4, -0.2) is 52.4 Å². The van der Waals surface area contributed by atoms with Gasteiger partial charge in [-0.15, -0.1) is 0 Å². The molecule has 19 heavy (non-hydrogen) atoms. The summed E-state index contributed by atoms with van der Waals surface area (Å²) in [4.78, 5) is 11.6. The Balaban J connectivity index is 2.24. The molecule has 0 spiro atoms. The summed E-state index contributed by atoms with van der Waals surface area (Å²) in [5, 5.41) is 2.75. The highest BCUT2D eigenvalue weighted by Crippen LogP contribution is 2.32. The third-order valence-electron chi connectivity index (χ3n) is 2.94. The summed E-state index contributed by atoms with van der Waals surface area (Å²) in [5.74, 6) is -0.0392. The van der Waals surface area contributed by atoms with Crippen molar-refractivity contribution in [2.75, 3.05) is 32.1 Å². The maximum absolute atomic E-state index is 11.6. The summed E-state index contributed by atoms with van der Waals surface area (Å²) in [6.45, 7) is 2.51. The van der Waals surface area contributed by atoms with Gasteiger partial charge in [-0.05, 0) is 25.7 Å². The first-order chi connectivity index (χ1) is 8.98. The number of hydrogen-bond donors (Lipinski definition) is 3. The van der Waals surface area contributed by atoms with Crippen LogP contribution in [0.1, 0.15) is 19.8 Å². The maximum Gasteiger partial charge on any atom is 0.235 e. The van der Waals surface area contributed by atoms with Crippen molar-refractivity contribution in [3.8, 4) is 0 Å². The van der Waals surface area contributed by atoms with Crippen LogP contribution in [0.2, 0.25) is 0 Å². The van der Waals surface area contributed by atoms with Crippen molar-refractivity contribution >= 4 is 15.9 Å². The number of amides is 1. The van der Waals surface area contributed by atoms with E-state index in [4.69, 9.17) is 10.5 Å². The highest BCUT2D eigenvalue weighted by molar-refractivity contribution is 7.89. The van der Waals surface area contributed by atoms with E-state index in [1.807, 2.05) is 0 Å². The number of carbonyl (C=O) groups excluding carboxylic acids is 1. The van der Waals surface area contributed by atoms with Crippen molar-refractivity contribution in [3.63, 3.8) is 0 Å². The predicted octanol–water partition coefficient (Wildman–Crippen LogP) is -1.20. The van der Waals surface area contributed by atoms with E-state index in [0.717, 1.165) is 12.8 Å². The van der Waals surface area contributed by atoms with Crippen LogP contribution in [0.4, 0.5) is 0 Å². The minimum atomic E-state index is -3.46. The second kappa shape index (κ2) is 7.78. The molecule has 1 atom stereocenters. The molecule has 0 aromatic carbocycles. The van der Waals surface area contributed by atoms with Crippen LogP contribution in [0.3, 0.4) is 0 Å². The van der Waals surface area contributed by atoms with E-state index in [1.165, 1.54) is 0 Å². The van der Waals surface area contributed by atoms with Crippen LogP contribution in [-0.2, 0) is 19.6 Å².